The molecule has 2 aromatic rings. The summed E-state index contributed by atoms with van der Waals surface area (Å²) in [5.41, 5.74) is -3.34. The molecule has 0 fully saturated rings. The molecule has 2 amide bonds. The highest BCUT2D eigenvalue weighted by molar-refractivity contribution is 5.96. The van der Waals surface area contributed by atoms with Crippen LogP contribution in [0.15, 0.2) is 30.3 Å². The van der Waals surface area contributed by atoms with Crippen LogP contribution in [0.4, 0.5) is 30.7 Å². The van der Waals surface area contributed by atoms with E-state index >= 15 is 0 Å². The smallest absolute Gasteiger partial charge is 0.325 e. The Kier molecular flexibility index (Phi) is 5.48. The summed E-state index contributed by atoms with van der Waals surface area (Å²) in [6, 6.07) is 5.75. The number of carbonyl (C=O) groups excluding carboxylic acids is 2. The Morgan fingerprint density at radius 2 is 1.53 bits per heavy atom. The van der Waals surface area contributed by atoms with E-state index in [1.54, 1.807) is 11.4 Å². The van der Waals surface area contributed by atoms with Gasteiger partial charge in [0.15, 0.2) is 23.3 Å². The quantitative estimate of drug-likeness (QED) is 0.438. The molecule has 4 nitrogen and oxygen atoms in total. The predicted octanol–water partition coefficient (Wildman–Crippen LogP) is 3.84. The number of benzene rings is 2. The first kappa shape index (κ1) is 21.6. The van der Waals surface area contributed by atoms with Gasteiger partial charge in [0, 0.05) is 11.6 Å². The van der Waals surface area contributed by atoms with Gasteiger partial charge in [0.25, 0.3) is 5.91 Å². The highest BCUT2D eigenvalue weighted by Gasteiger charge is 2.47. The molecule has 0 saturated carbocycles. The van der Waals surface area contributed by atoms with Gasteiger partial charge in [-0.25, -0.2) is 17.6 Å². The monoisotopic (exact) mass is 434 g/mol. The van der Waals surface area contributed by atoms with E-state index in [4.69, 9.17) is 0 Å². The number of hydrogen-bond acceptors (Lipinski definition) is 2. The van der Waals surface area contributed by atoms with Crippen LogP contribution in [0.25, 0.3) is 0 Å². The van der Waals surface area contributed by atoms with Gasteiger partial charge in [-0.3, -0.25) is 9.59 Å². The normalized spacial score (nSPS) is 18.5. The molecule has 11 heteroatoms. The molecule has 3 rings (SSSR count). The van der Waals surface area contributed by atoms with E-state index in [0.29, 0.717) is 12.0 Å². The number of nitrogens with one attached hydrogen (secondary N) is 2. The van der Waals surface area contributed by atoms with Crippen LogP contribution in [0.1, 0.15) is 34.3 Å². The van der Waals surface area contributed by atoms with E-state index in [2.05, 4.69) is 0 Å². The van der Waals surface area contributed by atoms with Gasteiger partial charge in [-0.2, -0.15) is 13.2 Å². The molecule has 0 radical (unpaired) electrons. The zero-order valence-electron chi connectivity index (χ0n) is 15.0. The van der Waals surface area contributed by atoms with Crippen molar-refractivity contribution >= 4 is 11.8 Å². The zero-order chi connectivity index (χ0) is 22.3. The van der Waals surface area contributed by atoms with Gasteiger partial charge >= 0.3 is 12.1 Å². The Morgan fingerprint density at radius 1 is 0.933 bits per heavy atom. The number of rotatable bonds is 3. The number of hydrogen-bond donors (Lipinski definition) is 2. The molecule has 0 spiro atoms. The van der Waals surface area contributed by atoms with Gasteiger partial charge in [-0.15, -0.1) is 0 Å². The van der Waals surface area contributed by atoms with Crippen molar-refractivity contribution in [1.29, 1.82) is 0 Å². The van der Waals surface area contributed by atoms with Crippen LogP contribution < -0.4 is 10.6 Å². The number of halogens is 7. The second kappa shape index (κ2) is 7.62. The Hall–Kier alpha value is -3.11. The largest absolute Gasteiger partial charge is 0.471 e. The van der Waals surface area contributed by atoms with Gasteiger partial charge in [-0.1, -0.05) is 24.3 Å². The number of aryl methyl sites for hydroxylation is 1. The second-order valence-electron chi connectivity index (χ2n) is 6.67. The van der Waals surface area contributed by atoms with E-state index in [1.165, 1.54) is 18.2 Å². The highest BCUT2D eigenvalue weighted by atomic mass is 19.4. The zero-order valence-corrected chi connectivity index (χ0v) is 15.0. The predicted molar refractivity (Wildman–Crippen MR) is 89.0 cm³/mol. The third-order valence-electron chi connectivity index (χ3n) is 4.73. The molecule has 1 aliphatic rings. The fourth-order valence-corrected chi connectivity index (χ4v) is 3.42. The van der Waals surface area contributed by atoms with Gasteiger partial charge < -0.3 is 10.6 Å². The van der Waals surface area contributed by atoms with Crippen molar-refractivity contribution in [2.45, 2.75) is 31.1 Å². The van der Waals surface area contributed by atoms with Gasteiger partial charge in [0.1, 0.15) is 11.2 Å². The summed E-state index contributed by atoms with van der Waals surface area (Å²) in [5.74, 6) is -11.9. The second-order valence-corrected chi connectivity index (χ2v) is 6.67. The third kappa shape index (κ3) is 3.83. The first-order valence-electron chi connectivity index (χ1n) is 8.59. The van der Waals surface area contributed by atoms with Crippen molar-refractivity contribution in [3.63, 3.8) is 0 Å². The lowest BCUT2D eigenvalue weighted by atomic mass is 9.82. The lowest BCUT2D eigenvalue weighted by Gasteiger charge is -2.40. The Balaban J connectivity index is 2.10. The molecule has 1 atom stereocenters. The van der Waals surface area contributed by atoms with E-state index in [9.17, 15) is 40.3 Å². The average molecular weight is 434 g/mol. The first-order chi connectivity index (χ1) is 14.0. The molecule has 160 valence electrons. The van der Waals surface area contributed by atoms with Crippen LogP contribution in [-0.2, 0) is 16.9 Å². The molecular weight excluding hydrogens is 421 g/mol. The minimum Gasteiger partial charge on any atom is -0.325 e. The summed E-state index contributed by atoms with van der Waals surface area (Å²) < 4.78 is 93.7. The summed E-state index contributed by atoms with van der Waals surface area (Å²) in [5, 5.41) is 3.63. The number of amides is 2. The topological polar surface area (TPSA) is 58.2 Å². The molecule has 1 unspecified atom stereocenters. The molecule has 2 N–H and O–H groups in total. The van der Waals surface area contributed by atoms with E-state index in [1.807, 2.05) is 5.32 Å². The standard InChI is InChI=1S/C19H13F7N2O2/c20-11-8-12(21)15(23)13(14(11)22)16(29)27-18(28-17(30)19(24,25)26)7-3-5-9-4-1-2-6-10(9)18/h1-2,4,6,8H,3,5,7H2,(H,27,29)(H,28,30). The van der Waals surface area contributed by atoms with Crippen molar-refractivity contribution in [2.75, 3.05) is 0 Å². The Labute approximate surface area is 165 Å². The summed E-state index contributed by atoms with van der Waals surface area (Å²) in [6.45, 7) is 0. The summed E-state index contributed by atoms with van der Waals surface area (Å²) in [7, 11) is 0. The lowest BCUT2D eigenvalue weighted by Crippen LogP contribution is -2.61. The molecule has 0 bridgehead atoms. The maximum atomic E-state index is 14.0. The number of alkyl halides is 3. The van der Waals surface area contributed by atoms with Crippen molar-refractivity contribution in [1.82, 2.24) is 10.6 Å². The van der Waals surface area contributed by atoms with Crippen molar-refractivity contribution in [2.24, 2.45) is 0 Å². The number of carbonyl (C=O) groups is 2. The highest BCUT2D eigenvalue weighted by Crippen LogP contribution is 2.35. The molecule has 0 heterocycles. The van der Waals surface area contributed by atoms with Crippen LogP contribution in [0.5, 0.6) is 0 Å². The molecule has 30 heavy (non-hydrogen) atoms. The molecule has 0 aliphatic heterocycles. The number of fused-ring (bicyclic) bond motifs is 1. The molecule has 0 saturated heterocycles. The third-order valence-corrected chi connectivity index (χ3v) is 4.73. The molecular formula is C19H13F7N2O2. The van der Waals surface area contributed by atoms with Gasteiger partial charge in [0.2, 0.25) is 0 Å². The van der Waals surface area contributed by atoms with E-state index in [0.717, 1.165) is 0 Å². The van der Waals surface area contributed by atoms with Crippen LogP contribution in [0.2, 0.25) is 0 Å². The van der Waals surface area contributed by atoms with Crippen LogP contribution in [0, 0.1) is 23.3 Å². The van der Waals surface area contributed by atoms with Gasteiger partial charge in [0.05, 0.1) is 0 Å². The Morgan fingerprint density at radius 3 is 2.13 bits per heavy atom. The average Bonchev–Trinajstić information content (AvgIpc) is 2.66. The van der Waals surface area contributed by atoms with Crippen LogP contribution in [-0.4, -0.2) is 18.0 Å². The fraction of sp³-hybridized carbons (Fsp3) is 0.263. The SMILES string of the molecule is O=C(NC1(NC(=O)C(F)(F)F)CCCc2ccccc21)c1c(F)c(F)cc(F)c1F. The summed E-state index contributed by atoms with van der Waals surface area (Å²) >= 11 is 0. The fourth-order valence-electron chi connectivity index (χ4n) is 3.42. The van der Waals surface area contributed by atoms with Crippen LogP contribution >= 0.6 is 0 Å². The molecule has 2 aromatic carbocycles. The maximum absolute atomic E-state index is 14.0. The van der Waals surface area contributed by atoms with E-state index in [-0.39, 0.29) is 24.5 Å². The van der Waals surface area contributed by atoms with Crippen LogP contribution in [0.3, 0.4) is 0 Å². The first-order valence-corrected chi connectivity index (χ1v) is 8.59. The lowest BCUT2D eigenvalue weighted by molar-refractivity contribution is -0.176. The molecule has 1 aliphatic carbocycles. The van der Waals surface area contributed by atoms with Crippen molar-refractivity contribution in [3.8, 4) is 0 Å². The van der Waals surface area contributed by atoms with Gasteiger partial charge in [-0.05, 0) is 24.8 Å². The minimum atomic E-state index is -5.33. The summed E-state index contributed by atoms with van der Waals surface area (Å²) in [4.78, 5) is 24.2. The Bertz CT molecular complexity index is 996. The molecule has 0 aromatic heterocycles. The maximum Gasteiger partial charge on any atom is 0.471 e. The van der Waals surface area contributed by atoms with Crippen molar-refractivity contribution in [3.05, 3.63) is 70.3 Å². The summed E-state index contributed by atoms with van der Waals surface area (Å²) in [6.07, 6.45) is -5.00. The van der Waals surface area contributed by atoms with E-state index < -0.39 is 52.5 Å². The van der Waals surface area contributed by atoms with Crippen molar-refractivity contribution < 1.29 is 40.3 Å². The minimum absolute atomic E-state index is 0.0555.